The summed E-state index contributed by atoms with van der Waals surface area (Å²) in [5.41, 5.74) is 3.61. The fourth-order valence-electron chi connectivity index (χ4n) is 6.59. The van der Waals surface area contributed by atoms with Crippen LogP contribution >= 0.6 is 0 Å². The molecule has 4 aliphatic carbocycles. The second-order valence-electron chi connectivity index (χ2n) is 9.51. The van der Waals surface area contributed by atoms with Crippen molar-refractivity contribution < 1.29 is 5.11 Å². The summed E-state index contributed by atoms with van der Waals surface area (Å²) in [7, 11) is 0. The highest BCUT2D eigenvalue weighted by molar-refractivity contribution is 5.30. The van der Waals surface area contributed by atoms with E-state index < -0.39 is 5.60 Å². The Morgan fingerprint density at radius 1 is 0.917 bits per heavy atom. The van der Waals surface area contributed by atoms with Gasteiger partial charge < -0.3 is 5.11 Å². The lowest BCUT2D eigenvalue weighted by molar-refractivity contribution is -0.0519. The van der Waals surface area contributed by atoms with E-state index in [2.05, 4.69) is 32.9 Å². The summed E-state index contributed by atoms with van der Waals surface area (Å²) >= 11 is 0. The highest BCUT2D eigenvalue weighted by Crippen LogP contribution is 2.65. The lowest BCUT2D eigenvalue weighted by atomic mass is 9.47. The first-order valence-corrected chi connectivity index (χ1v) is 10.4. The molecule has 136 valence electrons. The third-order valence-corrected chi connectivity index (χ3v) is 8.35. The summed E-state index contributed by atoms with van der Waals surface area (Å²) in [6.45, 7) is 13.4. The van der Waals surface area contributed by atoms with E-state index in [0.717, 1.165) is 30.6 Å². The van der Waals surface area contributed by atoms with E-state index in [-0.39, 0.29) is 0 Å². The first-order chi connectivity index (χ1) is 11.3. The Bertz CT molecular complexity index is 554. The Balaban J connectivity index is 0.000000815. The van der Waals surface area contributed by atoms with Crippen molar-refractivity contribution in [1.82, 2.24) is 0 Å². The number of hydrogen-bond acceptors (Lipinski definition) is 1. The van der Waals surface area contributed by atoms with Crippen LogP contribution in [0, 0.1) is 28.6 Å². The van der Waals surface area contributed by atoms with Crippen molar-refractivity contribution in [2.75, 3.05) is 0 Å². The smallest absolute Gasteiger partial charge is 0.0657 e. The van der Waals surface area contributed by atoms with Gasteiger partial charge in [-0.2, -0.15) is 0 Å². The minimum atomic E-state index is -0.465. The zero-order valence-corrected chi connectivity index (χ0v) is 16.8. The molecule has 0 bridgehead atoms. The van der Waals surface area contributed by atoms with Crippen molar-refractivity contribution in [3.8, 4) is 0 Å². The quantitative estimate of drug-likeness (QED) is 0.518. The van der Waals surface area contributed by atoms with Crippen LogP contribution in [0.3, 0.4) is 0 Å². The molecule has 1 N–H and O–H groups in total. The molecule has 6 atom stereocenters. The van der Waals surface area contributed by atoms with Gasteiger partial charge in [-0.25, -0.2) is 0 Å². The van der Waals surface area contributed by atoms with Gasteiger partial charge in [-0.05, 0) is 87.4 Å². The Kier molecular flexibility index (Phi) is 4.56. The number of hydrogen-bond donors (Lipinski definition) is 1. The first-order valence-electron chi connectivity index (χ1n) is 10.4. The molecule has 1 nitrogen and oxygen atoms in total. The van der Waals surface area contributed by atoms with Crippen LogP contribution in [-0.2, 0) is 0 Å². The van der Waals surface area contributed by atoms with Crippen LogP contribution in [0.25, 0.3) is 0 Å². The summed E-state index contributed by atoms with van der Waals surface area (Å²) < 4.78 is 0. The monoisotopic (exact) mass is 330 g/mol. The van der Waals surface area contributed by atoms with Gasteiger partial charge in [0, 0.05) is 0 Å². The zero-order chi connectivity index (χ0) is 17.8. The molecule has 0 radical (unpaired) electrons. The Morgan fingerprint density at radius 2 is 1.62 bits per heavy atom. The van der Waals surface area contributed by atoms with Crippen LogP contribution in [0.2, 0.25) is 0 Å². The fourth-order valence-corrected chi connectivity index (χ4v) is 6.59. The van der Waals surface area contributed by atoms with Gasteiger partial charge in [0.15, 0.2) is 0 Å². The van der Waals surface area contributed by atoms with E-state index in [4.69, 9.17) is 0 Å². The van der Waals surface area contributed by atoms with Crippen molar-refractivity contribution in [2.45, 2.75) is 92.1 Å². The molecule has 5 unspecified atom stereocenters. The average Bonchev–Trinajstić information content (AvgIpc) is 2.85. The Labute approximate surface area is 149 Å². The highest BCUT2D eigenvalue weighted by Gasteiger charge is 2.56. The van der Waals surface area contributed by atoms with Crippen molar-refractivity contribution in [1.29, 1.82) is 0 Å². The van der Waals surface area contributed by atoms with Gasteiger partial charge >= 0.3 is 0 Å². The van der Waals surface area contributed by atoms with Crippen LogP contribution < -0.4 is 0 Å². The third kappa shape index (κ3) is 2.54. The van der Waals surface area contributed by atoms with Gasteiger partial charge in [-0.3, -0.25) is 0 Å². The lowest BCUT2D eigenvalue weighted by Crippen LogP contribution is -2.51. The van der Waals surface area contributed by atoms with E-state index in [0.29, 0.717) is 10.8 Å². The predicted octanol–water partition coefficient (Wildman–Crippen LogP) is 6.28. The van der Waals surface area contributed by atoms with Crippen molar-refractivity contribution in [3.63, 3.8) is 0 Å². The van der Waals surface area contributed by atoms with Gasteiger partial charge in [0.05, 0.1) is 5.60 Å². The van der Waals surface area contributed by atoms with Gasteiger partial charge in [-0.15, -0.1) is 0 Å². The molecule has 24 heavy (non-hydrogen) atoms. The molecule has 2 fully saturated rings. The van der Waals surface area contributed by atoms with Crippen molar-refractivity contribution in [2.24, 2.45) is 28.6 Å². The SMILES string of the molecule is CC.CC1=CCC2C3CC=C4C[C@@](C)(O)CCC4(C)C3CCC12C. The molecule has 0 spiro atoms. The number of fused-ring (bicyclic) bond motifs is 5. The molecule has 0 heterocycles. The summed E-state index contributed by atoms with van der Waals surface area (Å²) in [4.78, 5) is 0. The second-order valence-corrected chi connectivity index (χ2v) is 9.51. The first kappa shape index (κ1) is 18.2. The van der Waals surface area contributed by atoms with Crippen LogP contribution in [0.15, 0.2) is 23.3 Å². The van der Waals surface area contributed by atoms with Crippen molar-refractivity contribution >= 4 is 0 Å². The average molecular weight is 331 g/mol. The molecular formula is C23H38O. The van der Waals surface area contributed by atoms with Crippen molar-refractivity contribution in [3.05, 3.63) is 23.3 Å². The zero-order valence-electron chi connectivity index (χ0n) is 16.8. The molecular weight excluding hydrogens is 292 g/mol. The standard InChI is InChI=1S/C21H32O.C2H6/c1-14-5-8-17-16-7-6-15-13-19(2,22)11-12-21(15,4)18(16)9-10-20(14,17)3;1-2/h5-6,16-18,22H,7-13H2,1-4H3;1-2H3/t16?,17?,18?,19-,20?,21?;/m0./s1. The van der Waals surface area contributed by atoms with E-state index >= 15 is 0 Å². The summed E-state index contributed by atoms with van der Waals surface area (Å²) in [5, 5.41) is 10.5. The molecule has 0 aromatic heterocycles. The highest BCUT2D eigenvalue weighted by atomic mass is 16.3. The number of allylic oxidation sites excluding steroid dienone is 3. The minimum absolute atomic E-state index is 0.364. The molecule has 4 aliphatic rings. The molecule has 4 rings (SSSR count). The summed E-state index contributed by atoms with van der Waals surface area (Å²) in [6, 6.07) is 0. The molecule has 0 aliphatic heterocycles. The second kappa shape index (κ2) is 6.01. The van der Waals surface area contributed by atoms with Crippen LogP contribution in [0.1, 0.15) is 86.5 Å². The van der Waals surface area contributed by atoms with Gasteiger partial charge in [0.1, 0.15) is 0 Å². The maximum absolute atomic E-state index is 10.5. The topological polar surface area (TPSA) is 20.2 Å². The van der Waals surface area contributed by atoms with E-state index in [9.17, 15) is 5.11 Å². The maximum Gasteiger partial charge on any atom is 0.0657 e. The van der Waals surface area contributed by atoms with Gasteiger partial charge in [0.2, 0.25) is 0 Å². The number of aliphatic hydroxyl groups is 1. The molecule has 2 saturated carbocycles. The third-order valence-electron chi connectivity index (χ3n) is 8.35. The summed E-state index contributed by atoms with van der Waals surface area (Å²) in [5.74, 6) is 2.58. The lowest BCUT2D eigenvalue weighted by Gasteiger charge is -2.58. The van der Waals surface area contributed by atoms with Gasteiger partial charge in [0.25, 0.3) is 0 Å². The van der Waals surface area contributed by atoms with Crippen LogP contribution in [0.4, 0.5) is 0 Å². The van der Waals surface area contributed by atoms with Gasteiger partial charge in [-0.1, -0.05) is 51.0 Å². The molecule has 0 aromatic rings. The Hall–Kier alpha value is -0.560. The Morgan fingerprint density at radius 3 is 2.33 bits per heavy atom. The van der Waals surface area contributed by atoms with Crippen LogP contribution in [0.5, 0.6) is 0 Å². The molecule has 0 amide bonds. The maximum atomic E-state index is 10.5. The minimum Gasteiger partial charge on any atom is -0.390 e. The molecule has 0 saturated heterocycles. The normalized spacial score (nSPS) is 49.7. The van der Waals surface area contributed by atoms with E-state index in [1.54, 1.807) is 11.1 Å². The largest absolute Gasteiger partial charge is 0.390 e. The van der Waals surface area contributed by atoms with E-state index in [1.807, 2.05) is 20.8 Å². The molecule has 0 aromatic carbocycles. The molecule has 1 heteroatoms. The summed E-state index contributed by atoms with van der Waals surface area (Å²) in [6.07, 6.45) is 13.5. The number of rotatable bonds is 0. The fraction of sp³-hybridized carbons (Fsp3) is 0.826. The van der Waals surface area contributed by atoms with Crippen LogP contribution in [-0.4, -0.2) is 10.7 Å². The predicted molar refractivity (Wildman–Crippen MR) is 103 cm³/mol. The van der Waals surface area contributed by atoms with E-state index in [1.165, 1.54) is 32.1 Å².